The summed E-state index contributed by atoms with van der Waals surface area (Å²) in [5.74, 6) is 4.36. The highest BCUT2D eigenvalue weighted by molar-refractivity contribution is 5.89. The summed E-state index contributed by atoms with van der Waals surface area (Å²) >= 11 is 0. The molecule has 0 saturated heterocycles. The number of benzene rings is 7. The monoisotopic (exact) mass is 605 g/mol. The summed E-state index contributed by atoms with van der Waals surface area (Å²) in [5.41, 5.74) is 9.58. The van der Waals surface area contributed by atoms with Crippen LogP contribution in [0.3, 0.4) is 0 Å². The van der Waals surface area contributed by atoms with Gasteiger partial charge in [0.25, 0.3) is 0 Å². The first kappa shape index (κ1) is 26.0. The van der Waals surface area contributed by atoms with Crippen LogP contribution < -0.4 is 19.1 Å². The number of anilines is 3. The quantitative estimate of drug-likeness (QED) is 0.200. The third kappa shape index (κ3) is 3.70. The van der Waals surface area contributed by atoms with E-state index in [1.54, 1.807) is 0 Å². The van der Waals surface area contributed by atoms with Gasteiger partial charge in [-0.25, -0.2) is 0 Å². The molecule has 3 aliphatic rings. The Morgan fingerprint density at radius 2 is 0.894 bits per heavy atom. The molecule has 0 bridgehead atoms. The zero-order chi connectivity index (χ0) is 31.0. The molecule has 1 aliphatic carbocycles. The van der Waals surface area contributed by atoms with Gasteiger partial charge in [0.15, 0.2) is 34.5 Å². The summed E-state index contributed by atoms with van der Waals surface area (Å²) in [4.78, 5) is 2.21. The molecule has 0 radical (unpaired) electrons. The molecule has 0 amide bonds. The standard InChI is InChI=1S/C43H27NO3/c1-3-13-28(14-4-1)43(29-15-5-2-6-16-29)33-18-8-7-17-31(33)32-26-41-42(27-34(32)43)46-39-24-23-30(25-40(39)47-41)44-35-19-9-11-21-37(35)45-38-22-12-10-20-36(38)44/h1-27H. The molecule has 222 valence electrons. The zero-order valence-corrected chi connectivity index (χ0v) is 25.3. The number of hydrogen-bond acceptors (Lipinski definition) is 4. The summed E-state index contributed by atoms with van der Waals surface area (Å²) in [6, 6.07) is 57.0. The molecule has 0 aromatic heterocycles. The lowest BCUT2D eigenvalue weighted by molar-refractivity contribution is 0.359. The van der Waals surface area contributed by atoms with E-state index < -0.39 is 5.41 Å². The number of rotatable bonds is 3. The molecule has 7 aromatic carbocycles. The van der Waals surface area contributed by atoms with Crippen molar-refractivity contribution in [1.82, 2.24) is 0 Å². The molecule has 0 N–H and O–H groups in total. The van der Waals surface area contributed by atoms with Crippen LogP contribution in [0.4, 0.5) is 17.1 Å². The van der Waals surface area contributed by atoms with Crippen LogP contribution in [-0.2, 0) is 5.41 Å². The Morgan fingerprint density at radius 3 is 1.60 bits per heavy atom. The normalized spacial score (nSPS) is 14.2. The van der Waals surface area contributed by atoms with Crippen LogP contribution in [-0.4, -0.2) is 0 Å². The maximum Gasteiger partial charge on any atom is 0.172 e. The molecule has 47 heavy (non-hydrogen) atoms. The fourth-order valence-electron chi connectivity index (χ4n) is 7.63. The van der Waals surface area contributed by atoms with Crippen LogP contribution in [0.25, 0.3) is 11.1 Å². The van der Waals surface area contributed by atoms with Crippen molar-refractivity contribution in [1.29, 1.82) is 0 Å². The Morgan fingerprint density at radius 1 is 0.362 bits per heavy atom. The first-order valence-electron chi connectivity index (χ1n) is 15.8. The van der Waals surface area contributed by atoms with Crippen LogP contribution in [0, 0.1) is 0 Å². The Hall–Kier alpha value is -6.26. The van der Waals surface area contributed by atoms with Crippen LogP contribution in [0.2, 0.25) is 0 Å². The predicted octanol–water partition coefficient (Wildman–Crippen LogP) is 11.5. The second-order valence-corrected chi connectivity index (χ2v) is 12.1. The summed E-state index contributed by atoms with van der Waals surface area (Å²) in [6.07, 6.45) is 0. The summed E-state index contributed by atoms with van der Waals surface area (Å²) in [6.45, 7) is 0. The second-order valence-electron chi connectivity index (χ2n) is 12.1. The van der Waals surface area contributed by atoms with Crippen LogP contribution in [0.5, 0.6) is 34.5 Å². The summed E-state index contributed by atoms with van der Waals surface area (Å²) < 4.78 is 19.6. The zero-order valence-electron chi connectivity index (χ0n) is 25.3. The Bertz CT molecular complexity index is 2260. The van der Waals surface area contributed by atoms with E-state index in [2.05, 4.69) is 126 Å². The van der Waals surface area contributed by atoms with Crippen LogP contribution in [0.1, 0.15) is 22.3 Å². The molecule has 0 fully saturated rings. The average Bonchev–Trinajstić information content (AvgIpc) is 3.42. The summed E-state index contributed by atoms with van der Waals surface area (Å²) in [7, 11) is 0. The van der Waals surface area contributed by atoms with Crippen molar-refractivity contribution in [3.63, 3.8) is 0 Å². The van der Waals surface area contributed by atoms with E-state index in [9.17, 15) is 0 Å². The molecule has 0 unspecified atom stereocenters. The molecular weight excluding hydrogens is 578 g/mol. The Kier molecular flexibility index (Phi) is 5.46. The van der Waals surface area contributed by atoms with E-state index in [-0.39, 0.29) is 0 Å². The topological polar surface area (TPSA) is 30.9 Å². The van der Waals surface area contributed by atoms with E-state index >= 15 is 0 Å². The maximum atomic E-state index is 6.72. The van der Waals surface area contributed by atoms with Crippen LogP contribution in [0.15, 0.2) is 164 Å². The van der Waals surface area contributed by atoms with Gasteiger partial charge in [0.1, 0.15) is 0 Å². The van der Waals surface area contributed by atoms with E-state index in [0.29, 0.717) is 23.0 Å². The van der Waals surface area contributed by atoms with E-state index in [0.717, 1.165) is 34.1 Å². The van der Waals surface area contributed by atoms with Gasteiger partial charge in [0.05, 0.1) is 22.5 Å². The number of hydrogen-bond donors (Lipinski definition) is 0. The minimum atomic E-state index is -0.506. The fourth-order valence-corrected chi connectivity index (χ4v) is 7.63. The van der Waals surface area contributed by atoms with Crippen molar-refractivity contribution >= 4 is 17.1 Å². The van der Waals surface area contributed by atoms with Gasteiger partial charge >= 0.3 is 0 Å². The highest BCUT2D eigenvalue weighted by atomic mass is 16.6. The number of ether oxygens (including phenoxy) is 3. The van der Waals surface area contributed by atoms with Gasteiger partial charge in [0.2, 0.25) is 0 Å². The maximum absolute atomic E-state index is 6.72. The predicted molar refractivity (Wildman–Crippen MR) is 185 cm³/mol. The lowest BCUT2D eigenvalue weighted by Crippen LogP contribution is -2.28. The highest BCUT2D eigenvalue weighted by Gasteiger charge is 2.47. The third-order valence-corrected chi connectivity index (χ3v) is 9.58. The molecular formula is C43H27NO3. The molecule has 2 aliphatic heterocycles. The Labute approximate surface area is 272 Å². The molecule has 10 rings (SSSR count). The molecule has 4 nitrogen and oxygen atoms in total. The molecule has 0 spiro atoms. The fraction of sp³-hybridized carbons (Fsp3) is 0.0233. The SMILES string of the molecule is c1ccc(C2(c3ccccc3)c3ccccc3-c3cc4c(cc32)Oc2ccc(N3c5ccccc5Oc5ccccc53)cc2O4)cc1. The highest BCUT2D eigenvalue weighted by Crippen LogP contribution is 2.60. The summed E-state index contributed by atoms with van der Waals surface area (Å²) in [5, 5.41) is 0. The lowest BCUT2D eigenvalue weighted by atomic mass is 9.67. The number of fused-ring (bicyclic) bond motifs is 7. The first-order chi connectivity index (χ1) is 23.3. The minimum Gasteiger partial charge on any atom is -0.453 e. The largest absolute Gasteiger partial charge is 0.453 e. The molecule has 7 aromatic rings. The minimum absolute atomic E-state index is 0.506. The van der Waals surface area contributed by atoms with Gasteiger partial charge in [-0.15, -0.1) is 0 Å². The van der Waals surface area contributed by atoms with Crippen LogP contribution >= 0.6 is 0 Å². The van der Waals surface area contributed by atoms with Gasteiger partial charge in [-0.05, 0) is 81.9 Å². The smallest absolute Gasteiger partial charge is 0.172 e. The van der Waals surface area contributed by atoms with Crippen molar-refractivity contribution in [3.8, 4) is 45.6 Å². The van der Waals surface area contributed by atoms with Gasteiger partial charge in [-0.1, -0.05) is 109 Å². The molecule has 0 atom stereocenters. The average molecular weight is 606 g/mol. The third-order valence-electron chi connectivity index (χ3n) is 9.58. The number of nitrogens with zero attached hydrogens (tertiary/aromatic N) is 1. The molecule has 0 saturated carbocycles. The first-order valence-corrected chi connectivity index (χ1v) is 15.8. The van der Waals surface area contributed by atoms with Crippen molar-refractivity contribution in [2.45, 2.75) is 5.41 Å². The van der Waals surface area contributed by atoms with Gasteiger partial charge in [0, 0.05) is 6.07 Å². The van der Waals surface area contributed by atoms with Gasteiger partial charge < -0.3 is 19.1 Å². The lowest BCUT2D eigenvalue weighted by Gasteiger charge is -2.34. The van der Waals surface area contributed by atoms with Gasteiger partial charge in [-0.3, -0.25) is 0 Å². The van der Waals surface area contributed by atoms with Crippen molar-refractivity contribution in [2.24, 2.45) is 0 Å². The molecule has 2 heterocycles. The van der Waals surface area contributed by atoms with Gasteiger partial charge in [-0.2, -0.15) is 0 Å². The van der Waals surface area contributed by atoms with E-state index in [1.165, 1.54) is 27.8 Å². The van der Waals surface area contributed by atoms with Crippen molar-refractivity contribution in [3.05, 3.63) is 186 Å². The second kappa shape index (κ2) is 9.87. The van der Waals surface area contributed by atoms with E-state index in [1.807, 2.05) is 42.5 Å². The van der Waals surface area contributed by atoms with Crippen molar-refractivity contribution < 1.29 is 14.2 Å². The van der Waals surface area contributed by atoms with E-state index in [4.69, 9.17) is 14.2 Å². The van der Waals surface area contributed by atoms with Crippen molar-refractivity contribution in [2.75, 3.05) is 4.90 Å². The molecule has 4 heteroatoms. The Balaban J connectivity index is 1.13. The number of para-hydroxylation sites is 4.